The quantitative estimate of drug-likeness (QED) is 0.832. The zero-order valence-corrected chi connectivity index (χ0v) is 12.0. The molecule has 2 aromatic rings. The predicted molar refractivity (Wildman–Crippen MR) is 75.7 cm³/mol. The Labute approximate surface area is 118 Å². The van der Waals surface area contributed by atoms with Crippen molar-refractivity contribution in [2.45, 2.75) is 11.8 Å². The summed E-state index contributed by atoms with van der Waals surface area (Å²) in [5.74, 6) is 0.692. The maximum atomic E-state index is 10.5. The van der Waals surface area contributed by atoms with Crippen LogP contribution in [0.3, 0.4) is 0 Å². The van der Waals surface area contributed by atoms with Crippen molar-refractivity contribution in [1.29, 1.82) is 0 Å². The molecule has 0 fully saturated rings. The summed E-state index contributed by atoms with van der Waals surface area (Å²) in [7, 11) is -2.50. The molecule has 0 saturated heterocycles. The number of para-hydroxylation sites is 2. The molecule has 2 aromatic carbocycles. The second-order valence-corrected chi connectivity index (χ2v) is 5.38. The van der Waals surface area contributed by atoms with Crippen LogP contribution in [-0.4, -0.2) is 25.2 Å². The van der Waals surface area contributed by atoms with Gasteiger partial charge in [-0.1, -0.05) is 29.8 Å². The van der Waals surface area contributed by atoms with Crippen LogP contribution in [-0.2, 0) is 10.1 Å². The fourth-order valence-corrected chi connectivity index (χ4v) is 1.82. The molecule has 2 N–H and O–H groups in total. The minimum absolute atomic E-state index is 0.0666. The molecule has 0 radical (unpaired) electrons. The molecule has 0 atom stereocenters. The highest BCUT2D eigenvalue weighted by Crippen LogP contribution is 2.23. The number of phenolic OH excluding ortho intramolecular Hbond substituents is 1. The minimum Gasteiger partial charge on any atom is -0.504 e. The monoisotopic (exact) mass is 296 g/mol. The number of methoxy groups -OCH3 is 1. The second kappa shape index (κ2) is 6.93. The Morgan fingerprint density at radius 3 is 1.95 bits per heavy atom. The van der Waals surface area contributed by atoms with E-state index in [9.17, 15) is 8.42 Å². The Morgan fingerprint density at radius 1 is 1.00 bits per heavy atom. The van der Waals surface area contributed by atoms with Crippen LogP contribution in [0.4, 0.5) is 0 Å². The topological polar surface area (TPSA) is 83.8 Å². The fourth-order valence-electron chi connectivity index (χ4n) is 1.34. The first-order chi connectivity index (χ1) is 9.34. The van der Waals surface area contributed by atoms with Crippen molar-refractivity contribution in [1.82, 2.24) is 0 Å². The summed E-state index contributed by atoms with van der Waals surface area (Å²) in [6.45, 7) is 1.84. The Bertz CT molecular complexity index is 648. The van der Waals surface area contributed by atoms with Crippen LogP contribution in [0, 0.1) is 6.92 Å². The van der Waals surface area contributed by atoms with Gasteiger partial charge in [0.05, 0.1) is 12.0 Å². The van der Waals surface area contributed by atoms with Crippen LogP contribution in [0.5, 0.6) is 11.5 Å². The number of benzene rings is 2. The summed E-state index contributed by atoms with van der Waals surface area (Å²) in [4.78, 5) is -0.0666. The third-order valence-electron chi connectivity index (χ3n) is 2.40. The molecule has 20 heavy (non-hydrogen) atoms. The van der Waals surface area contributed by atoms with Gasteiger partial charge in [0.15, 0.2) is 11.5 Å². The molecule has 0 bridgehead atoms. The molecule has 6 heteroatoms. The van der Waals surface area contributed by atoms with Gasteiger partial charge in [-0.25, -0.2) is 0 Å². The molecular weight excluding hydrogens is 280 g/mol. The van der Waals surface area contributed by atoms with Gasteiger partial charge in [0.1, 0.15) is 0 Å². The molecular formula is C14H16O5S. The summed E-state index contributed by atoms with van der Waals surface area (Å²) >= 11 is 0. The highest BCUT2D eigenvalue weighted by molar-refractivity contribution is 7.85. The standard InChI is InChI=1S/C7H8O3S.C7H8O2/c1-6-2-4-7(5-3-6)11(8,9)10;1-9-7-5-3-2-4-6(7)8/h2-5H,1H3,(H,8,9,10);2-5,8H,1H3. The maximum Gasteiger partial charge on any atom is 0.294 e. The smallest absolute Gasteiger partial charge is 0.294 e. The first-order valence-corrected chi connectivity index (χ1v) is 7.14. The molecule has 0 unspecified atom stereocenters. The van der Waals surface area contributed by atoms with E-state index in [0.29, 0.717) is 5.75 Å². The van der Waals surface area contributed by atoms with Crippen molar-refractivity contribution >= 4 is 10.1 Å². The van der Waals surface area contributed by atoms with Gasteiger partial charge in [-0.2, -0.15) is 8.42 Å². The lowest BCUT2D eigenvalue weighted by Gasteiger charge is -1.99. The molecule has 0 saturated carbocycles. The maximum absolute atomic E-state index is 10.5. The summed E-state index contributed by atoms with van der Waals surface area (Å²) in [6.07, 6.45) is 0. The van der Waals surface area contributed by atoms with Gasteiger partial charge in [0, 0.05) is 0 Å². The lowest BCUT2D eigenvalue weighted by atomic mass is 10.2. The molecule has 0 spiro atoms. The average Bonchev–Trinajstić information content (AvgIpc) is 2.39. The summed E-state index contributed by atoms with van der Waals surface area (Å²) in [5, 5.41) is 8.99. The second-order valence-electron chi connectivity index (χ2n) is 3.96. The number of hydrogen-bond donors (Lipinski definition) is 2. The van der Waals surface area contributed by atoms with Crippen LogP contribution in [0.2, 0.25) is 0 Å². The minimum atomic E-state index is -4.02. The first kappa shape index (κ1) is 16.0. The van der Waals surface area contributed by atoms with E-state index >= 15 is 0 Å². The van der Waals surface area contributed by atoms with E-state index in [0.717, 1.165) is 5.56 Å². The van der Waals surface area contributed by atoms with E-state index in [2.05, 4.69) is 0 Å². The first-order valence-electron chi connectivity index (χ1n) is 5.70. The third kappa shape index (κ3) is 4.91. The van der Waals surface area contributed by atoms with Gasteiger partial charge in [-0.15, -0.1) is 0 Å². The summed E-state index contributed by atoms with van der Waals surface area (Å²) < 4.78 is 34.3. The zero-order chi connectivity index (χ0) is 15.2. The van der Waals surface area contributed by atoms with Crippen molar-refractivity contribution in [3.05, 3.63) is 54.1 Å². The molecule has 0 aliphatic carbocycles. The fraction of sp³-hybridized carbons (Fsp3) is 0.143. The van der Waals surface area contributed by atoms with E-state index in [1.54, 1.807) is 36.4 Å². The van der Waals surface area contributed by atoms with Gasteiger partial charge < -0.3 is 9.84 Å². The normalized spacial score (nSPS) is 10.3. The van der Waals surface area contributed by atoms with Crippen molar-refractivity contribution in [2.24, 2.45) is 0 Å². The number of phenols is 1. The van der Waals surface area contributed by atoms with Gasteiger partial charge in [0.25, 0.3) is 10.1 Å². The highest BCUT2D eigenvalue weighted by Gasteiger charge is 2.06. The Hall–Kier alpha value is -2.05. The van der Waals surface area contributed by atoms with Gasteiger partial charge in [-0.3, -0.25) is 4.55 Å². The predicted octanol–water partition coefficient (Wildman–Crippen LogP) is 2.64. The molecule has 0 aliphatic rings. The number of rotatable bonds is 2. The lowest BCUT2D eigenvalue weighted by molar-refractivity contribution is 0.373. The molecule has 0 heterocycles. The highest BCUT2D eigenvalue weighted by atomic mass is 32.2. The summed E-state index contributed by atoms with van der Waals surface area (Å²) in [6, 6.07) is 12.8. The van der Waals surface area contributed by atoms with E-state index in [1.165, 1.54) is 19.2 Å². The number of aromatic hydroxyl groups is 1. The lowest BCUT2D eigenvalue weighted by Crippen LogP contribution is -1.96. The van der Waals surface area contributed by atoms with Crippen molar-refractivity contribution in [3.8, 4) is 11.5 Å². The molecule has 0 amide bonds. The van der Waals surface area contributed by atoms with E-state index < -0.39 is 10.1 Å². The van der Waals surface area contributed by atoms with Gasteiger partial charge in [-0.05, 0) is 31.2 Å². The van der Waals surface area contributed by atoms with Crippen LogP contribution in [0.1, 0.15) is 5.56 Å². The molecule has 0 aromatic heterocycles. The Balaban J connectivity index is 0.000000204. The average molecular weight is 296 g/mol. The van der Waals surface area contributed by atoms with Crippen molar-refractivity contribution < 1.29 is 22.8 Å². The van der Waals surface area contributed by atoms with Crippen LogP contribution < -0.4 is 4.74 Å². The molecule has 2 rings (SSSR count). The SMILES string of the molecule is COc1ccccc1O.Cc1ccc(S(=O)(=O)O)cc1. The Kier molecular flexibility index (Phi) is 5.54. The van der Waals surface area contributed by atoms with Crippen LogP contribution >= 0.6 is 0 Å². The van der Waals surface area contributed by atoms with E-state index in [1.807, 2.05) is 6.92 Å². The van der Waals surface area contributed by atoms with Crippen LogP contribution in [0.25, 0.3) is 0 Å². The Morgan fingerprint density at radius 2 is 1.55 bits per heavy atom. The van der Waals surface area contributed by atoms with Crippen molar-refractivity contribution in [2.75, 3.05) is 7.11 Å². The number of hydrogen-bond acceptors (Lipinski definition) is 4. The molecule has 0 aliphatic heterocycles. The third-order valence-corrected chi connectivity index (χ3v) is 3.27. The number of ether oxygens (including phenoxy) is 1. The van der Waals surface area contributed by atoms with Crippen molar-refractivity contribution in [3.63, 3.8) is 0 Å². The zero-order valence-electron chi connectivity index (χ0n) is 11.1. The molecule has 5 nitrogen and oxygen atoms in total. The van der Waals surface area contributed by atoms with Gasteiger partial charge >= 0.3 is 0 Å². The van der Waals surface area contributed by atoms with Crippen LogP contribution in [0.15, 0.2) is 53.4 Å². The van der Waals surface area contributed by atoms with Gasteiger partial charge in [0.2, 0.25) is 0 Å². The summed E-state index contributed by atoms with van der Waals surface area (Å²) in [5.41, 5.74) is 0.956. The molecule has 108 valence electrons. The van der Waals surface area contributed by atoms with E-state index in [-0.39, 0.29) is 10.6 Å². The number of aryl methyl sites for hydroxylation is 1. The van der Waals surface area contributed by atoms with E-state index in [4.69, 9.17) is 14.4 Å². The largest absolute Gasteiger partial charge is 0.504 e.